The number of ether oxygens (including phenoxy) is 1. The lowest BCUT2D eigenvalue weighted by Crippen LogP contribution is -2.51. The van der Waals surface area contributed by atoms with Gasteiger partial charge >= 0.3 is 12.0 Å². The standard InChI is InChI=1S/C24H29ClN4O4/c1-2-33-23(31)22(18-8-10-19(25)11-9-18)29-16-14-28(15-17-29)21(30)12-13-26-24(32)27-20-6-4-3-5-7-20/h3-11,22H,2,12-17H2,1H3,(H2,26,27,32). The van der Waals surface area contributed by atoms with Gasteiger partial charge in [-0.1, -0.05) is 41.9 Å². The van der Waals surface area contributed by atoms with Crippen LogP contribution >= 0.6 is 11.6 Å². The fraction of sp³-hybridized carbons (Fsp3) is 0.375. The molecular weight excluding hydrogens is 444 g/mol. The first-order valence-corrected chi connectivity index (χ1v) is 11.4. The van der Waals surface area contributed by atoms with Crippen LogP contribution in [0.1, 0.15) is 24.9 Å². The lowest BCUT2D eigenvalue weighted by Gasteiger charge is -2.38. The van der Waals surface area contributed by atoms with Crippen LogP contribution < -0.4 is 10.6 Å². The normalized spacial score (nSPS) is 14.9. The summed E-state index contributed by atoms with van der Waals surface area (Å²) in [5.74, 6) is -0.345. The number of hydrogen-bond donors (Lipinski definition) is 2. The molecule has 1 unspecified atom stereocenters. The molecule has 2 aromatic rings. The molecule has 1 atom stereocenters. The van der Waals surface area contributed by atoms with Gasteiger partial charge in [-0.2, -0.15) is 0 Å². The second-order valence-electron chi connectivity index (χ2n) is 7.62. The van der Waals surface area contributed by atoms with Crippen LogP contribution in [-0.4, -0.2) is 67.0 Å². The van der Waals surface area contributed by atoms with E-state index in [1.54, 1.807) is 36.1 Å². The summed E-state index contributed by atoms with van der Waals surface area (Å²) < 4.78 is 5.29. The van der Waals surface area contributed by atoms with Gasteiger partial charge in [-0.3, -0.25) is 9.69 Å². The number of carbonyl (C=O) groups excluding carboxylic acids is 3. The largest absolute Gasteiger partial charge is 0.465 e. The third-order valence-electron chi connectivity index (χ3n) is 5.38. The number of esters is 1. The van der Waals surface area contributed by atoms with Crippen LogP contribution in [0, 0.1) is 0 Å². The van der Waals surface area contributed by atoms with Crippen LogP contribution in [0.4, 0.5) is 10.5 Å². The van der Waals surface area contributed by atoms with Crippen LogP contribution in [0.5, 0.6) is 0 Å². The molecule has 0 aromatic heterocycles. The van der Waals surface area contributed by atoms with Crippen LogP contribution in [0.15, 0.2) is 54.6 Å². The molecular formula is C24H29ClN4O4. The number of nitrogens with zero attached hydrogens (tertiary/aromatic N) is 2. The van der Waals surface area contributed by atoms with E-state index in [1.807, 2.05) is 35.2 Å². The molecule has 1 saturated heterocycles. The van der Waals surface area contributed by atoms with Crippen molar-refractivity contribution in [1.82, 2.24) is 15.1 Å². The summed E-state index contributed by atoms with van der Waals surface area (Å²) in [6, 6.07) is 15.4. The van der Waals surface area contributed by atoms with Crippen molar-refractivity contribution in [2.24, 2.45) is 0 Å². The number of halogens is 1. The Morgan fingerprint density at radius 1 is 1.00 bits per heavy atom. The predicted molar refractivity (Wildman–Crippen MR) is 127 cm³/mol. The average molecular weight is 473 g/mol. The maximum Gasteiger partial charge on any atom is 0.328 e. The van der Waals surface area contributed by atoms with Crippen molar-refractivity contribution in [3.05, 3.63) is 65.2 Å². The number of amides is 3. The monoisotopic (exact) mass is 472 g/mol. The summed E-state index contributed by atoms with van der Waals surface area (Å²) in [6.07, 6.45) is 0.209. The Labute approximate surface area is 198 Å². The van der Waals surface area contributed by atoms with Gasteiger partial charge in [-0.25, -0.2) is 9.59 Å². The molecule has 0 spiro atoms. The highest BCUT2D eigenvalue weighted by Crippen LogP contribution is 2.25. The zero-order valence-corrected chi connectivity index (χ0v) is 19.4. The topological polar surface area (TPSA) is 91.0 Å². The molecule has 176 valence electrons. The molecule has 0 saturated carbocycles. The molecule has 1 aliphatic heterocycles. The van der Waals surface area contributed by atoms with Gasteiger partial charge in [0.15, 0.2) is 0 Å². The Morgan fingerprint density at radius 2 is 1.67 bits per heavy atom. The zero-order valence-electron chi connectivity index (χ0n) is 18.6. The molecule has 0 radical (unpaired) electrons. The van der Waals surface area contributed by atoms with Crippen molar-refractivity contribution in [3.8, 4) is 0 Å². The predicted octanol–water partition coefficient (Wildman–Crippen LogP) is 3.30. The summed E-state index contributed by atoms with van der Waals surface area (Å²) in [4.78, 5) is 41.0. The Morgan fingerprint density at radius 3 is 2.30 bits per heavy atom. The van der Waals surface area contributed by atoms with E-state index in [4.69, 9.17) is 16.3 Å². The lowest BCUT2D eigenvalue weighted by molar-refractivity contribution is -0.151. The fourth-order valence-electron chi connectivity index (χ4n) is 3.73. The van der Waals surface area contributed by atoms with Gasteiger partial charge in [0, 0.05) is 49.9 Å². The molecule has 9 heteroatoms. The third-order valence-corrected chi connectivity index (χ3v) is 5.64. The molecule has 1 heterocycles. The number of rotatable bonds is 8. The van der Waals surface area contributed by atoms with E-state index in [-0.39, 0.29) is 30.9 Å². The van der Waals surface area contributed by atoms with E-state index in [2.05, 4.69) is 10.6 Å². The van der Waals surface area contributed by atoms with E-state index in [0.29, 0.717) is 43.5 Å². The molecule has 2 N–H and O–H groups in total. The number of anilines is 1. The highest BCUT2D eigenvalue weighted by atomic mass is 35.5. The van der Waals surface area contributed by atoms with Crippen molar-refractivity contribution >= 4 is 35.2 Å². The smallest absolute Gasteiger partial charge is 0.328 e. The molecule has 1 aliphatic rings. The van der Waals surface area contributed by atoms with Crippen LogP contribution in [0.3, 0.4) is 0 Å². The van der Waals surface area contributed by atoms with Gasteiger partial charge in [0.05, 0.1) is 6.61 Å². The molecule has 1 fully saturated rings. The highest BCUT2D eigenvalue weighted by Gasteiger charge is 2.32. The number of hydrogen-bond acceptors (Lipinski definition) is 5. The Bertz CT molecular complexity index is 931. The zero-order chi connectivity index (χ0) is 23.6. The fourth-order valence-corrected chi connectivity index (χ4v) is 3.86. The first-order chi connectivity index (χ1) is 16.0. The highest BCUT2D eigenvalue weighted by molar-refractivity contribution is 6.30. The molecule has 0 bridgehead atoms. The van der Waals surface area contributed by atoms with Gasteiger partial charge in [0.25, 0.3) is 0 Å². The summed E-state index contributed by atoms with van der Waals surface area (Å²) in [7, 11) is 0. The van der Waals surface area contributed by atoms with Gasteiger partial charge < -0.3 is 20.3 Å². The summed E-state index contributed by atoms with van der Waals surface area (Å²) in [5, 5.41) is 6.02. The molecule has 2 aromatic carbocycles. The van der Waals surface area contributed by atoms with Gasteiger partial charge in [0.1, 0.15) is 6.04 Å². The maximum atomic E-state index is 12.7. The molecule has 3 amide bonds. The average Bonchev–Trinajstić information content (AvgIpc) is 2.82. The minimum Gasteiger partial charge on any atom is -0.465 e. The number of carbonyl (C=O) groups is 3. The second-order valence-corrected chi connectivity index (χ2v) is 8.06. The van der Waals surface area contributed by atoms with E-state index in [9.17, 15) is 14.4 Å². The minimum atomic E-state index is -0.539. The summed E-state index contributed by atoms with van der Waals surface area (Å²) in [5.41, 5.74) is 1.50. The van der Waals surface area contributed by atoms with Crippen molar-refractivity contribution < 1.29 is 19.1 Å². The number of nitrogens with one attached hydrogen (secondary N) is 2. The lowest BCUT2D eigenvalue weighted by atomic mass is 10.0. The molecule has 8 nitrogen and oxygen atoms in total. The number of urea groups is 1. The number of benzene rings is 2. The first kappa shape index (κ1) is 24.5. The summed E-state index contributed by atoms with van der Waals surface area (Å²) in [6.45, 7) is 4.40. The van der Waals surface area contributed by atoms with Crippen LogP contribution in [0.25, 0.3) is 0 Å². The first-order valence-electron chi connectivity index (χ1n) is 11.0. The molecule has 0 aliphatic carbocycles. The van der Waals surface area contributed by atoms with Gasteiger partial charge in [0.2, 0.25) is 5.91 Å². The van der Waals surface area contributed by atoms with Crippen LogP contribution in [0.2, 0.25) is 5.02 Å². The van der Waals surface area contributed by atoms with Crippen LogP contribution in [-0.2, 0) is 14.3 Å². The van der Waals surface area contributed by atoms with Gasteiger partial charge in [-0.05, 0) is 36.8 Å². The molecule has 33 heavy (non-hydrogen) atoms. The van der Waals surface area contributed by atoms with E-state index in [1.165, 1.54) is 0 Å². The van der Waals surface area contributed by atoms with Crippen molar-refractivity contribution in [2.45, 2.75) is 19.4 Å². The Balaban J connectivity index is 1.47. The van der Waals surface area contributed by atoms with Gasteiger partial charge in [-0.15, -0.1) is 0 Å². The minimum absolute atomic E-state index is 0.0335. The Kier molecular flexibility index (Phi) is 9.09. The number of piperazine rings is 1. The second kappa shape index (κ2) is 12.2. The van der Waals surface area contributed by atoms with Crippen molar-refractivity contribution in [2.75, 3.05) is 44.6 Å². The maximum absolute atomic E-state index is 12.7. The van der Waals surface area contributed by atoms with E-state index < -0.39 is 6.04 Å². The van der Waals surface area contributed by atoms with E-state index in [0.717, 1.165) is 5.56 Å². The number of para-hydroxylation sites is 1. The molecule has 3 rings (SSSR count). The Hall–Kier alpha value is -3.10. The SMILES string of the molecule is CCOC(=O)C(c1ccc(Cl)cc1)N1CCN(C(=O)CCNC(=O)Nc2ccccc2)CC1. The third kappa shape index (κ3) is 7.20. The van der Waals surface area contributed by atoms with Crippen molar-refractivity contribution in [1.29, 1.82) is 0 Å². The quantitative estimate of drug-likeness (QED) is 0.575. The summed E-state index contributed by atoms with van der Waals surface area (Å²) >= 11 is 5.99. The van der Waals surface area contributed by atoms with E-state index >= 15 is 0 Å². The van der Waals surface area contributed by atoms with Crippen molar-refractivity contribution in [3.63, 3.8) is 0 Å².